The van der Waals surface area contributed by atoms with Crippen molar-refractivity contribution in [1.82, 2.24) is 25.0 Å². The Kier molecular flexibility index (Phi) is 2.66. The molecule has 2 heterocycles. The predicted octanol–water partition coefficient (Wildman–Crippen LogP) is 2.25. The third kappa shape index (κ3) is 2.09. The first-order valence-electron chi connectivity index (χ1n) is 6.24. The summed E-state index contributed by atoms with van der Waals surface area (Å²) in [7, 11) is 1.90. The van der Waals surface area contributed by atoms with Crippen LogP contribution in [0.25, 0.3) is 11.4 Å². The maximum Gasteiger partial charge on any atom is 0.184 e. The highest BCUT2D eigenvalue weighted by molar-refractivity contribution is 5.51. The lowest BCUT2D eigenvalue weighted by Gasteiger charge is -2.18. The van der Waals surface area contributed by atoms with E-state index in [9.17, 15) is 0 Å². The number of aromatic amines is 1. The molecule has 0 unspecified atom stereocenters. The van der Waals surface area contributed by atoms with Crippen molar-refractivity contribution in [2.75, 3.05) is 0 Å². The minimum atomic E-state index is 0.571. The number of H-pyrrole nitrogens is 1. The average Bonchev–Trinajstić information content (AvgIpc) is 2.98. The Morgan fingerprint density at radius 3 is 2.82 bits per heavy atom. The van der Waals surface area contributed by atoms with E-state index in [1.165, 1.54) is 32.1 Å². The van der Waals surface area contributed by atoms with Crippen LogP contribution in [0.1, 0.15) is 43.8 Å². The Balaban J connectivity index is 1.82. The highest BCUT2D eigenvalue weighted by Crippen LogP contribution is 2.31. The normalized spacial score (nSPS) is 17.5. The molecule has 2 aromatic rings. The van der Waals surface area contributed by atoms with E-state index in [-0.39, 0.29) is 0 Å². The van der Waals surface area contributed by atoms with E-state index in [1.807, 2.05) is 13.2 Å². The van der Waals surface area contributed by atoms with E-state index < -0.39 is 0 Å². The summed E-state index contributed by atoms with van der Waals surface area (Å²) in [6.45, 7) is 0. The van der Waals surface area contributed by atoms with Crippen LogP contribution >= 0.6 is 0 Å². The van der Waals surface area contributed by atoms with Crippen LogP contribution in [0.3, 0.4) is 0 Å². The molecule has 5 nitrogen and oxygen atoms in total. The minimum absolute atomic E-state index is 0.571. The van der Waals surface area contributed by atoms with Crippen LogP contribution in [0.2, 0.25) is 0 Å². The fraction of sp³-hybridized carbons (Fsp3) is 0.583. The average molecular weight is 231 g/mol. The molecule has 0 aromatic carbocycles. The lowest BCUT2D eigenvalue weighted by atomic mass is 9.89. The molecule has 1 fully saturated rings. The Hall–Kier alpha value is -1.65. The second-order valence-corrected chi connectivity index (χ2v) is 4.78. The molecule has 3 rings (SSSR count). The van der Waals surface area contributed by atoms with E-state index in [0.717, 1.165) is 17.2 Å². The van der Waals surface area contributed by atoms with Crippen LogP contribution in [-0.2, 0) is 7.05 Å². The lowest BCUT2D eigenvalue weighted by molar-refractivity contribution is 0.429. The van der Waals surface area contributed by atoms with Crippen molar-refractivity contribution < 1.29 is 0 Å². The topological polar surface area (TPSA) is 59.4 Å². The summed E-state index contributed by atoms with van der Waals surface area (Å²) in [5, 5.41) is 11.5. The van der Waals surface area contributed by atoms with Crippen LogP contribution in [0.5, 0.6) is 0 Å². The van der Waals surface area contributed by atoms with Gasteiger partial charge in [-0.15, -0.1) is 0 Å². The first kappa shape index (κ1) is 10.5. The molecule has 5 heteroatoms. The lowest BCUT2D eigenvalue weighted by Crippen LogP contribution is -2.06. The van der Waals surface area contributed by atoms with Gasteiger partial charge in [-0.1, -0.05) is 19.3 Å². The first-order valence-corrected chi connectivity index (χ1v) is 6.24. The van der Waals surface area contributed by atoms with Crippen molar-refractivity contribution in [3.05, 3.63) is 18.2 Å². The third-order valence-corrected chi connectivity index (χ3v) is 3.46. The Morgan fingerprint density at radius 1 is 1.29 bits per heavy atom. The Bertz CT molecular complexity index is 492. The molecule has 1 N–H and O–H groups in total. The number of aryl methyl sites for hydroxylation is 1. The molecule has 1 aliphatic rings. The zero-order valence-electron chi connectivity index (χ0n) is 10.1. The SMILES string of the molecule is Cn1cc(-c2n[nH]c(C3CCCCC3)n2)cn1. The van der Waals surface area contributed by atoms with Gasteiger partial charge in [0.05, 0.1) is 11.8 Å². The fourth-order valence-corrected chi connectivity index (χ4v) is 2.50. The number of nitrogens with one attached hydrogen (secondary N) is 1. The molecule has 2 aromatic heterocycles. The molecule has 17 heavy (non-hydrogen) atoms. The van der Waals surface area contributed by atoms with Crippen LogP contribution in [0, 0.1) is 0 Å². The zero-order chi connectivity index (χ0) is 11.7. The molecular formula is C12H17N5. The quantitative estimate of drug-likeness (QED) is 0.862. The van der Waals surface area contributed by atoms with Crippen molar-refractivity contribution in [3.8, 4) is 11.4 Å². The van der Waals surface area contributed by atoms with E-state index in [1.54, 1.807) is 10.9 Å². The van der Waals surface area contributed by atoms with Crippen molar-refractivity contribution in [3.63, 3.8) is 0 Å². The molecule has 0 spiro atoms. The predicted molar refractivity (Wildman–Crippen MR) is 64.4 cm³/mol. The number of hydrogen-bond donors (Lipinski definition) is 1. The number of aromatic nitrogens is 5. The Morgan fingerprint density at radius 2 is 2.12 bits per heavy atom. The summed E-state index contributed by atoms with van der Waals surface area (Å²) >= 11 is 0. The summed E-state index contributed by atoms with van der Waals surface area (Å²) < 4.78 is 1.77. The van der Waals surface area contributed by atoms with Crippen LogP contribution < -0.4 is 0 Å². The summed E-state index contributed by atoms with van der Waals surface area (Å²) in [5.41, 5.74) is 0.978. The van der Waals surface area contributed by atoms with Gasteiger partial charge >= 0.3 is 0 Å². The number of hydrogen-bond acceptors (Lipinski definition) is 3. The van der Waals surface area contributed by atoms with Gasteiger partial charge in [0.25, 0.3) is 0 Å². The number of rotatable bonds is 2. The van der Waals surface area contributed by atoms with Gasteiger partial charge in [0.1, 0.15) is 5.82 Å². The van der Waals surface area contributed by atoms with Crippen molar-refractivity contribution in [2.45, 2.75) is 38.0 Å². The standard InChI is InChI=1S/C12H17N5/c1-17-8-10(7-13-17)12-14-11(15-16-12)9-5-3-2-4-6-9/h7-9H,2-6H2,1H3,(H,14,15,16). The molecular weight excluding hydrogens is 214 g/mol. The second-order valence-electron chi connectivity index (χ2n) is 4.78. The number of nitrogens with zero attached hydrogens (tertiary/aromatic N) is 4. The molecule has 0 atom stereocenters. The Labute approximate surface area is 100 Å². The van der Waals surface area contributed by atoms with Crippen LogP contribution in [-0.4, -0.2) is 25.0 Å². The van der Waals surface area contributed by atoms with Gasteiger partial charge < -0.3 is 0 Å². The first-order chi connectivity index (χ1) is 8.33. The highest BCUT2D eigenvalue weighted by Gasteiger charge is 2.19. The monoisotopic (exact) mass is 231 g/mol. The molecule has 1 aliphatic carbocycles. The summed E-state index contributed by atoms with van der Waals surface area (Å²) in [5.74, 6) is 2.38. The van der Waals surface area contributed by atoms with Gasteiger partial charge in [-0.2, -0.15) is 10.2 Å². The van der Waals surface area contributed by atoms with Gasteiger partial charge in [-0.05, 0) is 12.8 Å². The second kappa shape index (κ2) is 4.31. The zero-order valence-corrected chi connectivity index (χ0v) is 10.1. The van der Waals surface area contributed by atoms with Gasteiger partial charge in [-0.3, -0.25) is 9.78 Å². The van der Waals surface area contributed by atoms with Crippen molar-refractivity contribution in [2.24, 2.45) is 7.05 Å². The van der Waals surface area contributed by atoms with Gasteiger partial charge in [-0.25, -0.2) is 4.98 Å². The molecule has 90 valence electrons. The summed E-state index contributed by atoms with van der Waals surface area (Å²) in [6.07, 6.45) is 10.2. The molecule has 0 amide bonds. The molecule has 0 radical (unpaired) electrons. The van der Waals surface area contributed by atoms with Crippen molar-refractivity contribution >= 4 is 0 Å². The van der Waals surface area contributed by atoms with Gasteiger partial charge in [0, 0.05) is 19.2 Å². The van der Waals surface area contributed by atoms with Gasteiger partial charge in [0.15, 0.2) is 5.82 Å². The van der Waals surface area contributed by atoms with E-state index >= 15 is 0 Å². The molecule has 0 saturated heterocycles. The minimum Gasteiger partial charge on any atom is -0.275 e. The maximum atomic E-state index is 4.60. The fourth-order valence-electron chi connectivity index (χ4n) is 2.50. The largest absolute Gasteiger partial charge is 0.275 e. The third-order valence-electron chi connectivity index (χ3n) is 3.46. The van der Waals surface area contributed by atoms with Crippen molar-refractivity contribution in [1.29, 1.82) is 0 Å². The highest BCUT2D eigenvalue weighted by atomic mass is 15.3. The molecule has 0 bridgehead atoms. The van der Waals surface area contributed by atoms with Gasteiger partial charge in [0.2, 0.25) is 0 Å². The van der Waals surface area contributed by atoms with E-state index in [2.05, 4.69) is 20.3 Å². The summed E-state index contributed by atoms with van der Waals surface area (Å²) in [4.78, 5) is 4.60. The van der Waals surface area contributed by atoms with E-state index in [0.29, 0.717) is 5.92 Å². The van der Waals surface area contributed by atoms with Crippen LogP contribution in [0.15, 0.2) is 12.4 Å². The molecule has 1 saturated carbocycles. The molecule has 0 aliphatic heterocycles. The maximum absolute atomic E-state index is 4.60. The van der Waals surface area contributed by atoms with E-state index in [4.69, 9.17) is 0 Å². The smallest absolute Gasteiger partial charge is 0.184 e. The summed E-state index contributed by atoms with van der Waals surface area (Å²) in [6, 6.07) is 0. The van der Waals surface area contributed by atoms with Crippen LogP contribution in [0.4, 0.5) is 0 Å².